The second-order valence-corrected chi connectivity index (χ2v) is 10.1. The molecule has 4 aliphatic rings. The smallest absolute Gasteiger partial charge is 0.312 e. The summed E-state index contributed by atoms with van der Waals surface area (Å²) >= 11 is 0. The molecule has 1 spiro atoms. The molecule has 3 aliphatic carbocycles. The molecule has 5 heteroatoms. The maximum absolute atomic E-state index is 13.0. The number of anilines is 1. The van der Waals surface area contributed by atoms with E-state index in [-0.39, 0.29) is 34.5 Å². The minimum atomic E-state index is -1.15. The number of rotatable bonds is 1. The van der Waals surface area contributed by atoms with E-state index in [1.165, 1.54) is 5.56 Å². The lowest BCUT2D eigenvalue weighted by molar-refractivity contribution is -0.197. The molecule has 0 saturated heterocycles. The van der Waals surface area contributed by atoms with E-state index < -0.39 is 17.5 Å². The Morgan fingerprint density at radius 1 is 1.14 bits per heavy atom. The molecule has 1 heterocycles. The van der Waals surface area contributed by atoms with Crippen LogP contribution in [0.5, 0.6) is 0 Å². The van der Waals surface area contributed by atoms with Crippen molar-refractivity contribution in [1.29, 1.82) is 0 Å². The van der Waals surface area contributed by atoms with Gasteiger partial charge in [-0.15, -0.1) is 0 Å². The van der Waals surface area contributed by atoms with E-state index in [2.05, 4.69) is 30.4 Å². The number of nitrogens with one attached hydrogen (secondary N) is 1. The zero-order chi connectivity index (χ0) is 19.9. The zero-order valence-corrected chi connectivity index (χ0v) is 16.6. The van der Waals surface area contributed by atoms with E-state index >= 15 is 0 Å². The van der Waals surface area contributed by atoms with Crippen molar-refractivity contribution in [3.8, 4) is 0 Å². The molecular formula is C23H29NO4. The predicted octanol–water partition coefficient (Wildman–Crippen LogP) is 3.36. The van der Waals surface area contributed by atoms with Crippen LogP contribution in [0.4, 0.5) is 5.69 Å². The van der Waals surface area contributed by atoms with Gasteiger partial charge in [0.1, 0.15) is 0 Å². The Morgan fingerprint density at radius 2 is 1.89 bits per heavy atom. The molecule has 3 N–H and O–H groups in total. The number of aliphatic hydroxyl groups excluding tert-OH is 1. The lowest BCUT2D eigenvalue weighted by Gasteiger charge is -2.66. The molecule has 0 radical (unpaired) electrons. The molecule has 28 heavy (non-hydrogen) atoms. The first-order valence-corrected chi connectivity index (χ1v) is 10.5. The van der Waals surface area contributed by atoms with Gasteiger partial charge in [-0.25, -0.2) is 0 Å². The number of carboxylic acid groups (broad SMARTS) is 1. The van der Waals surface area contributed by atoms with Crippen LogP contribution in [0.15, 0.2) is 24.3 Å². The van der Waals surface area contributed by atoms with Crippen LogP contribution >= 0.6 is 0 Å². The maximum Gasteiger partial charge on any atom is 0.312 e. The molecule has 0 amide bonds. The SMILES string of the molecule is C[C@]12CC[C@H](O)[C@@](C)(C(=O)O)[C@@H]1CC[C@@]13C[C@@H](Nc4ccccc41)C(=O)C[C@@H]32. The van der Waals surface area contributed by atoms with E-state index in [0.717, 1.165) is 31.4 Å². The Hall–Kier alpha value is -1.88. The van der Waals surface area contributed by atoms with Gasteiger partial charge in [0.15, 0.2) is 5.78 Å². The number of Topliss-reactive ketones (excluding diaryl/α,β-unsaturated/α-hetero) is 1. The fraction of sp³-hybridized carbons (Fsp3) is 0.652. The lowest BCUT2D eigenvalue weighted by Crippen LogP contribution is -2.66. The Balaban J connectivity index is 1.67. The van der Waals surface area contributed by atoms with Gasteiger partial charge in [-0.2, -0.15) is 0 Å². The normalized spacial score (nSPS) is 46.6. The van der Waals surface area contributed by atoms with Crippen LogP contribution in [0.2, 0.25) is 0 Å². The standard InChI is InChI=1S/C23H29NO4/c1-21-9-8-19(26)22(2,20(27)28)17(21)7-10-23-12-15(16(25)11-18(21)23)24-14-6-4-3-5-13(14)23/h3-6,15,17-19,24,26H,7-12H2,1-2H3,(H,27,28)/t15-,17-,18-,19+,21+,22+,23-/m1/s1. The summed E-state index contributed by atoms with van der Waals surface area (Å²) in [5.41, 5.74) is 0.867. The highest BCUT2D eigenvalue weighted by Crippen LogP contribution is 2.69. The van der Waals surface area contributed by atoms with Gasteiger partial charge in [0.05, 0.1) is 17.6 Å². The number of hydrogen-bond donors (Lipinski definition) is 3. The van der Waals surface area contributed by atoms with Gasteiger partial charge in [-0.3, -0.25) is 9.59 Å². The minimum absolute atomic E-state index is 0.0760. The quantitative estimate of drug-likeness (QED) is 0.692. The highest BCUT2D eigenvalue weighted by Gasteiger charge is 2.68. The van der Waals surface area contributed by atoms with Gasteiger partial charge in [-0.1, -0.05) is 25.1 Å². The Labute approximate surface area is 165 Å². The van der Waals surface area contributed by atoms with Gasteiger partial charge in [0.25, 0.3) is 0 Å². The number of hydrogen-bond acceptors (Lipinski definition) is 4. The minimum Gasteiger partial charge on any atom is -0.481 e. The lowest BCUT2D eigenvalue weighted by atomic mass is 9.38. The van der Waals surface area contributed by atoms with Gasteiger partial charge < -0.3 is 15.5 Å². The van der Waals surface area contributed by atoms with E-state index in [1.54, 1.807) is 6.92 Å². The summed E-state index contributed by atoms with van der Waals surface area (Å²) in [5, 5.41) is 24.2. The third-order valence-electron chi connectivity index (χ3n) is 9.13. The van der Waals surface area contributed by atoms with Gasteiger partial charge in [-0.05, 0) is 67.9 Å². The number of ketones is 1. The van der Waals surface area contributed by atoms with E-state index in [1.807, 2.05) is 6.07 Å². The van der Waals surface area contributed by atoms with Crippen LogP contribution in [0.25, 0.3) is 0 Å². The average molecular weight is 383 g/mol. The molecule has 5 rings (SSSR count). The molecule has 7 atom stereocenters. The van der Waals surface area contributed by atoms with Crippen LogP contribution < -0.4 is 5.32 Å². The number of carbonyl (C=O) groups is 2. The number of aliphatic carboxylic acids is 1. The largest absolute Gasteiger partial charge is 0.481 e. The molecule has 0 unspecified atom stereocenters. The summed E-state index contributed by atoms with van der Waals surface area (Å²) in [5.74, 6) is -0.655. The zero-order valence-electron chi connectivity index (χ0n) is 16.6. The predicted molar refractivity (Wildman–Crippen MR) is 105 cm³/mol. The first kappa shape index (κ1) is 18.2. The number of para-hydroxylation sites is 1. The molecule has 150 valence electrons. The van der Waals surface area contributed by atoms with E-state index in [9.17, 15) is 19.8 Å². The van der Waals surface area contributed by atoms with Crippen LogP contribution in [0.1, 0.15) is 57.9 Å². The van der Waals surface area contributed by atoms with Crippen LogP contribution in [-0.2, 0) is 15.0 Å². The summed E-state index contributed by atoms with van der Waals surface area (Å²) in [6.07, 6.45) is 3.41. The Bertz CT molecular complexity index is 868. The van der Waals surface area contributed by atoms with Gasteiger partial charge >= 0.3 is 5.97 Å². The topological polar surface area (TPSA) is 86.6 Å². The highest BCUT2D eigenvalue weighted by molar-refractivity contribution is 5.90. The molecule has 5 nitrogen and oxygen atoms in total. The van der Waals surface area contributed by atoms with Crippen molar-refractivity contribution >= 4 is 17.4 Å². The number of fused-ring (bicyclic) bond motifs is 4. The van der Waals surface area contributed by atoms with Crippen molar-refractivity contribution in [3.63, 3.8) is 0 Å². The van der Waals surface area contributed by atoms with Crippen molar-refractivity contribution in [2.24, 2.45) is 22.7 Å². The van der Waals surface area contributed by atoms with Crippen molar-refractivity contribution in [3.05, 3.63) is 29.8 Å². The summed E-state index contributed by atoms with van der Waals surface area (Å²) in [6, 6.07) is 8.21. The number of carboxylic acids is 1. The second-order valence-electron chi connectivity index (χ2n) is 10.1. The van der Waals surface area contributed by atoms with Gasteiger partial charge in [0, 0.05) is 17.5 Å². The first-order valence-electron chi connectivity index (χ1n) is 10.5. The summed E-state index contributed by atoms with van der Waals surface area (Å²) in [6.45, 7) is 3.93. The van der Waals surface area contributed by atoms with Crippen LogP contribution in [-0.4, -0.2) is 34.1 Å². The molecular weight excluding hydrogens is 354 g/mol. The maximum atomic E-state index is 13.0. The van der Waals surface area contributed by atoms with Crippen molar-refractivity contribution in [2.45, 2.75) is 69.9 Å². The number of benzene rings is 1. The number of carbonyl (C=O) groups excluding carboxylic acids is 1. The monoisotopic (exact) mass is 383 g/mol. The molecule has 3 fully saturated rings. The average Bonchev–Trinajstić information content (AvgIpc) is 2.67. The molecule has 0 aromatic heterocycles. The molecule has 3 saturated carbocycles. The summed E-state index contributed by atoms with van der Waals surface area (Å²) < 4.78 is 0. The third-order valence-corrected chi connectivity index (χ3v) is 9.13. The summed E-state index contributed by atoms with van der Waals surface area (Å²) in [4.78, 5) is 25.3. The van der Waals surface area contributed by atoms with Crippen LogP contribution in [0, 0.1) is 22.7 Å². The number of aliphatic hydroxyl groups is 1. The van der Waals surface area contributed by atoms with Crippen molar-refractivity contribution in [2.75, 3.05) is 5.32 Å². The third kappa shape index (κ3) is 2.01. The molecule has 1 aromatic carbocycles. The highest BCUT2D eigenvalue weighted by atomic mass is 16.4. The first-order chi connectivity index (χ1) is 13.2. The van der Waals surface area contributed by atoms with Crippen LogP contribution in [0.3, 0.4) is 0 Å². The van der Waals surface area contributed by atoms with Crippen molar-refractivity contribution < 1.29 is 19.8 Å². The van der Waals surface area contributed by atoms with E-state index in [4.69, 9.17) is 0 Å². The second kappa shape index (κ2) is 5.59. The fourth-order valence-electron chi connectivity index (χ4n) is 7.67. The Morgan fingerprint density at radius 3 is 2.64 bits per heavy atom. The Kier molecular flexibility index (Phi) is 3.63. The molecule has 2 bridgehead atoms. The fourth-order valence-corrected chi connectivity index (χ4v) is 7.67. The van der Waals surface area contributed by atoms with Gasteiger partial charge in [0.2, 0.25) is 0 Å². The van der Waals surface area contributed by atoms with E-state index in [0.29, 0.717) is 12.8 Å². The molecule has 1 aliphatic heterocycles. The summed E-state index contributed by atoms with van der Waals surface area (Å²) in [7, 11) is 0. The molecule has 1 aromatic rings. The van der Waals surface area contributed by atoms with Crippen molar-refractivity contribution in [1.82, 2.24) is 0 Å².